The van der Waals surface area contributed by atoms with Crippen molar-refractivity contribution >= 4 is 67.8 Å². The maximum atomic E-state index is 11.4. The molecular formula is C15H30KO7S. The average Bonchev–Trinajstić information content (AvgIpc) is 2.50. The van der Waals surface area contributed by atoms with Gasteiger partial charge in [-0.3, -0.25) is 4.79 Å². The van der Waals surface area contributed by atoms with Crippen molar-refractivity contribution in [1.82, 2.24) is 0 Å². The van der Waals surface area contributed by atoms with E-state index < -0.39 is 35.7 Å². The maximum Gasteiger partial charge on any atom is 0.451 e. The first-order valence-electron chi connectivity index (χ1n) is 8.32. The number of rotatable bonds is 15. The number of hydrogen-bond acceptors (Lipinski definition) is 7. The van der Waals surface area contributed by atoms with Crippen LogP contribution in [0.15, 0.2) is 0 Å². The number of carbonyl (C=O) groups is 1. The molecule has 1 atom stereocenters. The zero-order valence-corrected chi connectivity index (χ0v) is 18.8. The Labute approximate surface area is 188 Å². The molecule has 0 rings (SSSR count). The molecule has 0 aliphatic carbocycles. The molecule has 0 saturated heterocycles. The predicted molar refractivity (Wildman–Crippen MR) is 91.7 cm³/mol. The van der Waals surface area contributed by atoms with Crippen molar-refractivity contribution in [1.29, 1.82) is 0 Å². The Morgan fingerprint density at radius 2 is 1.50 bits per heavy atom. The van der Waals surface area contributed by atoms with E-state index in [1.54, 1.807) is 0 Å². The number of aliphatic hydroxyl groups excluding tert-OH is 2. The summed E-state index contributed by atoms with van der Waals surface area (Å²) in [6, 6.07) is 0. The van der Waals surface area contributed by atoms with Gasteiger partial charge in [0.2, 0.25) is 0 Å². The molecule has 0 aliphatic rings. The Morgan fingerprint density at radius 1 is 1.00 bits per heavy atom. The van der Waals surface area contributed by atoms with Crippen LogP contribution in [0.5, 0.6) is 0 Å². The minimum atomic E-state index is -4.47. The molecule has 1 radical (unpaired) electrons. The van der Waals surface area contributed by atoms with Crippen molar-refractivity contribution in [3.8, 4) is 0 Å². The molecule has 7 nitrogen and oxygen atoms in total. The minimum absolute atomic E-state index is 0. The Morgan fingerprint density at radius 3 is 2.00 bits per heavy atom. The van der Waals surface area contributed by atoms with Gasteiger partial charge in [-0.15, -0.1) is 0 Å². The second kappa shape index (κ2) is 17.4. The van der Waals surface area contributed by atoms with Gasteiger partial charge < -0.3 is 14.4 Å². The second-order valence-electron chi connectivity index (χ2n) is 5.56. The topological polar surface area (TPSA) is 110 Å². The fraction of sp³-hybridized carbons (Fsp3) is 0.933. The van der Waals surface area contributed by atoms with Crippen LogP contribution in [0.1, 0.15) is 71.1 Å². The summed E-state index contributed by atoms with van der Waals surface area (Å²) in [6.45, 7) is 0.894. The SMILES string of the molecule is CCCCCCCCCCCC(=O)OS(=O)(=O)OCC(O)CO.[K]. The molecule has 2 N–H and O–H groups in total. The van der Waals surface area contributed by atoms with E-state index in [4.69, 9.17) is 10.2 Å². The van der Waals surface area contributed by atoms with Crippen molar-refractivity contribution in [3.63, 3.8) is 0 Å². The summed E-state index contributed by atoms with van der Waals surface area (Å²) in [4.78, 5) is 11.4. The van der Waals surface area contributed by atoms with Crippen LogP contribution in [0.4, 0.5) is 0 Å². The molecule has 139 valence electrons. The molecule has 0 spiro atoms. The van der Waals surface area contributed by atoms with E-state index in [9.17, 15) is 13.2 Å². The van der Waals surface area contributed by atoms with Gasteiger partial charge >= 0.3 is 16.4 Å². The van der Waals surface area contributed by atoms with Crippen molar-refractivity contribution in [2.75, 3.05) is 13.2 Å². The van der Waals surface area contributed by atoms with E-state index in [0.29, 0.717) is 6.42 Å². The normalized spacial score (nSPS) is 12.5. The molecule has 0 aliphatic heterocycles. The van der Waals surface area contributed by atoms with Crippen LogP contribution >= 0.6 is 0 Å². The van der Waals surface area contributed by atoms with E-state index in [0.717, 1.165) is 19.3 Å². The summed E-state index contributed by atoms with van der Waals surface area (Å²) in [5.41, 5.74) is 0. The van der Waals surface area contributed by atoms with Gasteiger partial charge in [-0.25, -0.2) is 4.18 Å². The predicted octanol–water partition coefficient (Wildman–Crippen LogP) is 1.68. The Kier molecular flexibility index (Phi) is 19.6. The van der Waals surface area contributed by atoms with E-state index in [1.165, 1.54) is 32.1 Å². The molecule has 0 aromatic rings. The van der Waals surface area contributed by atoms with Gasteiger partial charge in [0.15, 0.2) is 0 Å². The standard InChI is InChI=1S/C15H30O7S.K/c1-2-3-4-5-6-7-8-9-10-11-15(18)22-23(19,20)21-13-14(17)12-16;/h14,16-17H,2-13H2,1H3;. The molecule has 0 bridgehead atoms. The molecule has 24 heavy (non-hydrogen) atoms. The quantitative estimate of drug-likeness (QED) is 0.322. The summed E-state index contributed by atoms with van der Waals surface area (Å²) in [6.07, 6.45) is 8.46. The minimum Gasteiger partial charge on any atom is -0.394 e. The third-order valence-corrected chi connectivity index (χ3v) is 4.11. The van der Waals surface area contributed by atoms with Gasteiger partial charge in [0.05, 0.1) is 13.2 Å². The number of carbonyl (C=O) groups excluding carboxylic acids is 1. The molecule has 1 unspecified atom stereocenters. The first kappa shape index (κ1) is 27.2. The van der Waals surface area contributed by atoms with Gasteiger partial charge in [-0.05, 0) is 6.42 Å². The largest absolute Gasteiger partial charge is 0.451 e. The van der Waals surface area contributed by atoms with Crippen LogP contribution in [-0.4, -0.2) is 95.3 Å². The monoisotopic (exact) mass is 393 g/mol. The summed E-state index contributed by atoms with van der Waals surface area (Å²) in [7, 11) is -4.47. The zero-order valence-electron chi connectivity index (χ0n) is 14.9. The van der Waals surface area contributed by atoms with E-state index in [-0.39, 0.29) is 57.8 Å². The van der Waals surface area contributed by atoms with Gasteiger partial charge in [-0.2, -0.15) is 8.42 Å². The fourth-order valence-electron chi connectivity index (χ4n) is 1.97. The molecule has 9 heteroatoms. The van der Waals surface area contributed by atoms with Crippen LogP contribution in [0, 0.1) is 0 Å². The van der Waals surface area contributed by atoms with Crippen LogP contribution in [0.3, 0.4) is 0 Å². The van der Waals surface area contributed by atoms with Gasteiger partial charge in [0.1, 0.15) is 6.10 Å². The van der Waals surface area contributed by atoms with Crippen LogP contribution in [0.2, 0.25) is 0 Å². The third-order valence-electron chi connectivity index (χ3n) is 3.29. The molecule has 0 amide bonds. The third kappa shape index (κ3) is 17.7. The first-order chi connectivity index (χ1) is 10.9. The fourth-order valence-corrected chi connectivity index (χ4v) is 2.66. The number of aliphatic hydroxyl groups is 2. The summed E-state index contributed by atoms with van der Waals surface area (Å²) >= 11 is 0. The number of hydrogen-bond donors (Lipinski definition) is 2. The van der Waals surface area contributed by atoms with E-state index >= 15 is 0 Å². The maximum absolute atomic E-state index is 11.4. The van der Waals surface area contributed by atoms with E-state index in [1.807, 2.05) is 0 Å². The Bertz CT molecular complexity index is 401. The Hall–Kier alpha value is 0.936. The zero-order chi connectivity index (χ0) is 17.6. The van der Waals surface area contributed by atoms with Crippen molar-refractivity contribution in [2.24, 2.45) is 0 Å². The summed E-state index contributed by atoms with van der Waals surface area (Å²) in [5, 5.41) is 17.5. The van der Waals surface area contributed by atoms with Gasteiger partial charge in [-0.1, -0.05) is 58.3 Å². The molecule has 0 aromatic carbocycles. The van der Waals surface area contributed by atoms with Crippen LogP contribution < -0.4 is 0 Å². The molecular weight excluding hydrogens is 363 g/mol. The van der Waals surface area contributed by atoms with Crippen LogP contribution in [0.25, 0.3) is 0 Å². The molecule has 0 fully saturated rings. The van der Waals surface area contributed by atoms with Crippen LogP contribution in [-0.2, 0) is 23.6 Å². The Balaban J connectivity index is 0. The molecule has 0 saturated carbocycles. The average molecular weight is 394 g/mol. The summed E-state index contributed by atoms with van der Waals surface area (Å²) in [5.74, 6) is -0.869. The molecule has 0 aromatic heterocycles. The smallest absolute Gasteiger partial charge is 0.394 e. The van der Waals surface area contributed by atoms with Gasteiger partial charge in [0.25, 0.3) is 0 Å². The van der Waals surface area contributed by atoms with Crippen molar-refractivity contribution in [2.45, 2.75) is 77.2 Å². The summed E-state index contributed by atoms with van der Waals surface area (Å²) < 4.78 is 31.0. The number of unbranched alkanes of at least 4 members (excludes halogenated alkanes) is 8. The van der Waals surface area contributed by atoms with Gasteiger partial charge in [0, 0.05) is 57.8 Å². The van der Waals surface area contributed by atoms with Crippen molar-refractivity contribution < 1.29 is 31.8 Å². The molecule has 0 heterocycles. The first-order valence-corrected chi connectivity index (χ1v) is 9.65. The van der Waals surface area contributed by atoms with Crippen molar-refractivity contribution in [3.05, 3.63) is 0 Å². The van der Waals surface area contributed by atoms with E-state index in [2.05, 4.69) is 15.3 Å². The second-order valence-corrected chi connectivity index (χ2v) is 6.78.